The Labute approximate surface area is 149 Å². The predicted octanol–water partition coefficient (Wildman–Crippen LogP) is 4.44. The fourth-order valence-corrected chi connectivity index (χ4v) is 4.65. The summed E-state index contributed by atoms with van der Waals surface area (Å²) in [6.07, 6.45) is 0.955. The second kappa shape index (κ2) is 6.93. The summed E-state index contributed by atoms with van der Waals surface area (Å²) >= 11 is 13.8. The molecule has 1 aromatic heterocycles. The molecule has 3 rings (SSSR count). The van der Waals surface area contributed by atoms with Crippen LogP contribution in [0.2, 0.25) is 10.0 Å². The molecular weight excluding hydrogens is 363 g/mol. The summed E-state index contributed by atoms with van der Waals surface area (Å²) in [5, 5.41) is 2.06. The van der Waals surface area contributed by atoms with Crippen LogP contribution in [-0.4, -0.2) is 29.9 Å². The normalized spacial score (nSPS) is 21.2. The number of carbonyl (C=O) groups is 1. The van der Waals surface area contributed by atoms with Gasteiger partial charge in [-0.05, 0) is 37.9 Å². The molecule has 1 aliphatic heterocycles. The zero-order chi connectivity index (χ0) is 15.1. The minimum atomic E-state index is 0. The number of fused-ring (bicyclic) bond motifs is 1. The maximum atomic E-state index is 12.8. The van der Waals surface area contributed by atoms with Crippen LogP contribution in [0, 0.1) is 5.92 Å². The third-order valence-corrected chi connectivity index (χ3v) is 5.92. The van der Waals surface area contributed by atoms with Gasteiger partial charge in [-0.15, -0.1) is 23.7 Å². The quantitative estimate of drug-likeness (QED) is 0.838. The number of amides is 1. The average molecular weight is 380 g/mol. The fourth-order valence-electron chi connectivity index (χ4n) is 2.90. The van der Waals surface area contributed by atoms with Gasteiger partial charge in [0, 0.05) is 27.7 Å². The molecule has 2 atom stereocenters. The lowest BCUT2D eigenvalue weighted by atomic mass is 10.1. The van der Waals surface area contributed by atoms with Crippen molar-refractivity contribution in [3.63, 3.8) is 0 Å². The number of likely N-dealkylation sites (tertiary alicyclic amines) is 1. The van der Waals surface area contributed by atoms with Crippen LogP contribution in [0.15, 0.2) is 18.2 Å². The molecule has 0 spiro atoms. The van der Waals surface area contributed by atoms with E-state index in [2.05, 4.69) is 6.92 Å². The molecule has 0 saturated carbocycles. The summed E-state index contributed by atoms with van der Waals surface area (Å²) < 4.78 is 0.943. The van der Waals surface area contributed by atoms with Gasteiger partial charge in [-0.2, -0.15) is 0 Å². The van der Waals surface area contributed by atoms with Gasteiger partial charge in [-0.1, -0.05) is 29.3 Å². The van der Waals surface area contributed by atoms with Crippen LogP contribution < -0.4 is 5.73 Å². The first-order valence-corrected chi connectivity index (χ1v) is 8.47. The fraction of sp³-hybridized carbons (Fsp3) is 0.400. The minimum Gasteiger partial charge on any atom is -0.335 e. The van der Waals surface area contributed by atoms with Crippen molar-refractivity contribution in [3.8, 4) is 0 Å². The van der Waals surface area contributed by atoms with Crippen molar-refractivity contribution in [2.24, 2.45) is 11.7 Å². The van der Waals surface area contributed by atoms with Crippen LogP contribution in [-0.2, 0) is 0 Å². The summed E-state index contributed by atoms with van der Waals surface area (Å²) in [7, 11) is 0. The third-order valence-electron chi connectivity index (χ3n) is 4.04. The molecule has 0 aliphatic carbocycles. The third kappa shape index (κ3) is 3.08. The number of carbonyl (C=O) groups excluding carboxylic acids is 1. The summed E-state index contributed by atoms with van der Waals surface area (Å²) in [4.78, 5) is 15.3. The Kier molecular flexibility index (Phi) is 5.62. The summed E-state index contributed by atoms with van der Waals surface area (Å²) in [6.45, 7) is 3.39. The number of benzene rings is 1. The highest BCUT2D eigenvalue weighted by atomic mass is 35.5. The van der Waals surface area contributed by atoms with E-state index in [9.17, 15) is 4.79 Å². The van der Waals surface area contributed by atoms with Gasteiger partial charge in [0.25, 0.3) is 5.91 Å². The molecular formula is C15H17Cl3N2OS. The smallest absolute Gasteiger partial charge is 0.265 e. The van der Waals surface area contributed by atoms with E-state index >= 15 is 0 Å². The lowest BCUT2D eigenvalue weighted by Gasteiger charge is -2.20. The van der Waals surface area contributed by atoms with Crippen molar-refractivity contribution in [1.29, 1.82) is 0 Å². The van der Waals surface area contributed by atoms with Crippen molar-refractivity contribution in [2.75, 3.05) is 13.1 Å². The van der Waals surface area contributed by atoms with E-state index in [-0.39, 0.29) is 24.4 Å². The van der Waals surface area contributed by atoms with Crippen LogP contribution in [0.4, 0.5) is 0 Å². The number of thiophene rings is 1. The van der Waals surface area contributed by atoms with Gasteiger partial charge in [-0.25, -0.2) is 0 Å². The van der Waals surface area contributed by atoms with Crippen molar-refractivity contribution >= 4 is 62.9 Å². The van der Waals surface area contributed by atoms with E-state index in [1.165, 1.54) is 11.3 Å². The number of nitrogens with zero attached hydrogens (tertiary/aromatic N) is 1. The van der Waals surface area contributed by atoms with Crippen LogP contribution in [0.5, 0.6) is 0 Å². The lowest BCUT2D eigenvalue weighted by Crippen LogP contribution is -2.34. The standard InChI is InChI=1S/C15H16Cl2N2OS.ClH/c1-8-4-9(6-18)7-19(8)15(20)14-13(17)11-3-2-10(16)5-12(11)21-14;/h2-3,5,8-9H,4,6-7,18H2,1H3;1H. The Morgan fingerprint density at radius 3 is 2.82 bits per heavy atom. The number of halogens is 3. The Hall–Kier alpha value is -0.520. The average Bonchev–Trinajstić information content (AvgIpc) is 2.99. The molecule has 7 heteroatoms. The second-order valence-electron chi connectivity index (χ2n) is 5.53. The van der Waals surface area contributed by atoms with Crippen molar-refractivity contribution in [3.05, 3.63) is 33.1 Å². The monoisotopic (exact) mass is 378 g/mol. The first kappa shape index (κ1) is 17.8. The summed E-state index contributed by atoms with van der Waals surface area (Å²) in [6, 6.07) is 5.71. The molecule has 2 heterocycles. The zero-order valence-corrected chi connectivity index (χ0v) is 15.2. The number of nitrogens with two attached hydrogens (primary N) is 1. The Bertz CT molecular complexity index is 703. The molecule has 1 fully saturated rings. The predicted molar refractivity (Wildman–Crippen MR) is 96.8 cm³/mol. The van der Waals surface area contributed by atoms with Crippen LogP contribution in [0.1, 0.15) is 23.0 Å². The van der Waals surface area contributed by atoms with Crippen molar-refractivity contribution in [1.82, 2.24) is 4.90 Å². The first-order valence-electron chi connectivity index (χ1n) is 6.89. The molecule has 2 unspecified atom stereocenters. The SMILES string of the molecule is CC1CC(CN)CN1C(=O)c1sc2cc(Cl)ccc2c1Cl.Cl. The second-order valence-corrected chi connectivity index (χ2v) is 7.40. The van der Waals surface area contributed by atoms with Crippen molar-refractivity contribution < 1.29 is 4.79 Å². The highest BCUT2D eigenvalue weighted by Crippen LogP contribution is 2.38. The molecule has 1 amide bonds. The maximum Gasteiger partial charge on any atom is 0.265 e. The van der Waals surface area contributed by atoms with Gasteiger partial charge < -0.3 is 10.6 Å². The molecule has 0 bridgehead atoms. The van der Waals surface area contributed by atoms with E-state index in [0.717, 1.165) is 16.5 Å². The molecule has 0 radical (unpaired) electrons. The van der Waals surface area contributed by atoms with Gasteiger partial charge >= 0.3 is 0 Å². The molecule has 3 nitrogen and oxygen atoms in total. The Morgan fingerprint density at radius 1 is 1.45 bits per heavy atom. The number of rotatable bonds is 2. The topological polar surface area (TPSA) is 46.3 Å². The summed E-state index contributed by atoms with van der Waals surface area (Å²) in [5.74, 6) is 0.382. The highest BCUT2D eigenvalue weighted by molar-refractivity contribution is 7.21. The lowest BCUT2D eigenvalue weighted by molar-refractivity contribution is 0.0748. The zero-order valence-electron chi connectivity index (χ0n) is 12.0. The molecule has 2 N–H and O–H groups in total. The van der Waals surface area contributed by atoms with E-state index < -0.39 is 0 Å². The van der Waals surface area contributed by atoms with E-state index in [0.29, 0.717) is 33.9 Å². The number of hydrogen-bond acceptors (Lipinski definition) is 3. The maximum absolute atomic E-state index is 12.8. The van der Waals surface area contributed by atoms with Gasteiger partial charge in [0.05, 0.1) is 5.02 Å². The van der Waals surface area contributed by atoms with Gasteiger partial charge in [0.1, 0.15) is 4.88 Å². The summed E-state index contributed by atoms with van der Waals surface area (Å²) in [5.41, 5.74) is 5.73. The van der Waals surface area contributed by atoms with E-state index in [4.69, 9.17) is 28.9 Å². The van der Waals surface area contributed by atoms with Gasteiger partial charge in [0.2, 0.25) is 0 Å². The molecule has 1 aliphatic rings. The van der Waals surface area contributed by atoms with Crippen LogP contribution in [0.3, 0.4) is 0 Å². The molecule has 1 aromatic carbocycles. The molecule has 120 valence electrons. The highest BCUT2D eigenvalue weighted by Gasteiger charge is 2.34. The molecule has 2 aromatic rings. The first-order chi connectivity index (χ1) is 10.0. The van der Waals surface area contributed by atoms with Gasteiger partial charge in [-0.3, -0.25) is 4.79 Å². The van der Waals surface area contributed by atoms with E-state index in [1.54, 1.807) is 6.07 Å². The van der Waals surface area contributed by atoms with Gasteiger partial charge in [0.15, 0.2) is 0 Å². The van der Waals surface area contributed by atoms with Crippen LogP contribution in [0.25, 0.3) is 10.1 Å². The van der Waals surface area contributed by atoms with Crippen LogP contribution >= 0.6 is 46.9 Å². The van der Waals surface area contributed by atoms with Crippen molar-refractivity contribution in [2.45, 2.75) is 19.4 Å². The molecule has 1 saturated heterocycles. The van der Waals surface area contributed by atoms with E-state index in [1.807, 2.05) is 17.0 Å². The Morgan fingerprint density at radius 2 is 2.18 bits per heavy atom. The number of hydrogen-bond donors (Lipinski definition) is 1. The molecule has 22 heavy (non-hydrogen) atoms. The minimum absolute atomic E-state index is 0. The largest absolute Gasteiger partial charge is 0.335 e. The Balaban J connectivity index is 0.00000176.